The molecule has 0 amide bonds. The first-order valence-corrected chi connectivity index (χ1v) is 8.92. The van der Waals surface area contributed by atoms with Gasteiger partial charge in [-0.25, -0.2) is 4.21 Å². The number of fused-ring (bicyclic) bond motifs is 3. The number of benzene rings is 3. The molecular weight excluding hydrogens is 290 g/mol. The van der Waals surface area contributed by atoms with Crippen molar-refractivity contribution in [3.63, 3.8) is 0 Å². The number of nitrogens with zero attached hydrogens (tertiary/aromatic N) is 1. The molecule has 0 saturated heterocycles. The van der Waals surface area contributed by atoms with Crippen LogP contribution in [-0.2, 0) is 15.5 Å². The van der Waals surface area contributed by atoms with Gasteiger partial charge in [-0.3, -0.25) is 0 Å². The van der Waals surface area contributed by atoms with Crippen molar-refractivity contribution in [1.82, 2.24) is 0 Å². The van der Waals surface area contributed by atoms with E-state index in [2.05, 4.69) is 16.5 Å². The summed E-state index contributed by atoms with van der Waals surface area (Å²) in [7, 11) is -2.51. The fraction of sp³-hybridized carbons (Fsp3) is 0.0526. The Kier molecular flexibility index (Phi) is 3.09. The van der Waals surface area contributed by atoms with Crippen LogP contribution in [0.25, 0.3) is 11.1 Å². The highest BCUT2D eigenvalue weighted by atomic mass is 32.2. The molecule has 1 heterocycles. The van der Waals surface area contributed by atoms with Gasteiger partial charge in [0.05, 0.1) is 21.2 Å². The largest absolute Gasteiger partial charge is 0.244 e. The molecule has 2 nitrogen and oxygen atoms in total. The molecule has 0 fully saturated rings. The Balaban J connectivity index is 2.06. The molecule has 3 aromatic rings. The first kappa shape index (κ1) is 13.3. The number of hydrogen-bond donors (Lipinski definition) is 0. The Hall–Kier alpha value is -2.39. The van der Waals surface area contributed by atoms with Gasteiger partial charge in [0.25, 0.3) is 0 Å². The Morgan fingerprint density at radius 3 is 2.18 bits per heavy atom. The Morgan fingerprint density at radius 2 is 1.36 bits per heavy atom. The van der Waals surface area contributed by atoms with Crippen LogP contribution in [0.4, 0.5) is 5.69 Å². The van der Waals surface area contributed by atoms with Crippen molar-refractivity contribution in [1.29, 1.82) is 0 Å². The summed E-state index contributed by atoms with van der Waals surface area (Å²) in [4.78, 5) is 0.793. The predicted molar refractivity (Wildman–Crippen MR) is 90.5 cm³/mol. The van der Waals surface area contributed by atoms with Gasteiger partial charge in [-0.15, -0.1) is 0 Å². The van der Waals surface area contributed by atoms with Crippen LogP contribution in [0, 0.1) is 0 Å². The lowest BCUT2D eigenvalue weighted by Crippen LogP contribution is -2.04. The summed E-state index contributed by atoms with van der Waals surface area (Å²) in [5, 5.41) is 0. The summed E-state index contributed by atoms with van der Waals surface area (Å²) in [5.41, 5.74) is 4.08. The van der Waals surface area contributed by atoms with Gasteiger partial charge in [0.15, 0.2) is 0 Å². The summed E-state index contributed by atoms with van der Waals surface area (Å²) in [6.07, 6.45) is 0. The van der Waals surface area contributed by atoms with Crippen molar-refractivity contribution in [2.75, 3.05) is 0 Å². The van der Waals surface area contributed by atoms with Crippen LogP contribution in [0.1, 0.15) is 5.56 Å². The quantitative estimate of drug-likeness (QED) is 0.620. The molecule has 1 aliphatic heterocycles. The third-order valence-corrected chi connectivity index (χ3v) is 6.12. The minimum absolute atomic E-state index is 0.446. The Labute approximate surface area is 130 Å². The second-order valence-electron chi connectivity index (χ2n) is 5.36. The average Bonchev–Trinajstić information content (AvgIpc) is 2.70. The van der Waals surface area contributed by atoms with Crippen LogP contribution in [-0.4, -0.2) is 4.21 Å². The predicted octanol–water partition coefficient (Wildman–Crippen LogP) is 5.03. The fourth-order valence-electron chi connectivity index (χ4n) is 2.86. The molecular formula is C19H15NOS. The van der Waals surface area contributed by atoms with E-state index in [0.29, 0.717) is 5.75 Å². The second-order valence-corrected chi connectivity index (χ2v) is 7.59. The highest BCUT2D eigenvalue weighted by Gasteiger charge is 2.21. The lowest BCUT2D eigenvalue weighted by atomic mass is 9.99. The first-order valence-electron chi connectivity index (χ1n) is 7.23. The van der Waals surface area contributed by atoms with Crippen molar-refractivity contribution in [3.05, 3.63) is 84.4 Å². The van der Waals surface area contributed by atoms with Crippen molar-refractivity contribution in [2.24, 2.45) is 4.36 Å². The van der Waals surface area contributed by atoms with Gasteiger partial charge in [0.2, 0.25) is 0 Å². The smallest absolute Gasteiger partial charge is 0.0843 e. The zero-order chi connectivity index (χ0) is 15.0. The summed E-state index contributed by atoms with van der Waals surface area (Å²) in [6, 6.07) is 25.7. The van der Waals surface area contributed by atoms with E-state index < -0.39 is 9.73 Å². The highest BCUT2D eigenvalue weighted by Crippen LogP contribution is 2.39. The number of rotatable bonds is 1. The van der Waals surface area contributed by atoms with Crippen LogP contribution >= 0.6 is 0 Å². The third-order valence-electron chi connectivity index (χ3n) is 3.92. The van der Waals surface area contributed by atoms with Gasteiger partial charge in [0, 0.05) is 10.5 Å². The molecule has 0 aliphatic carbocycles. The van der Waals surface area contributed by atoms with E-state index >= 15 is 0 Å². The zero-order valence-corrected chi connectivity index (χ0v) is 12.8. The van der Waals surface area contributed by atoms with E-state index in [1.54, 1.807) is 0 Å². The molecule has 4 rings (SSSR count). The molecule has 0 spiro atoms. The Bertz CT molecular complexity index is 954. The van der Waals surface area contributed by atoms with Gasteiger partial charge in [-0.1, -0.05) is 60.7 Å². The van der Waals surface area contributed by atoms with E-state index in [4.69, 9.17) is 0 Å². The van der Waals surface area contributed by atoms with Crippen molar-refractivity contribution in [3.8, 4) is 11.1 Å². The van der Waals surface area contributed by atoms with E-state index in [-0.39, 0.29) is 0 Å². The Morgan fingerprint density at radius 1 is 0.727 bits per heavy atom. The average molecular weight is 305 g/mol. The lowest BCUT2D eigenvalue weighted by molar-refractivity contribution is 0.676. The van der Waals surface area contributed by atoms with Crippen molar-refractivity contribution < 1.29 is 4.21 Å². The monoisotopic (exact) mass is 305 g/mol. The third kappa shape index (κ3) is 2.14. The molecule has 1 atom stereocenters. The second kappa shape index (κ2) is 5.11. The summed E-state index contributed by atoms with van der Waals surface area (Å²) >= 11 is 0. The molecule has 3 aromatic carbocycles. The summed E-state index contributed by atoms with van der Waals surface area (Å²) in [6.45, 7) is 0. The maximum Gasteiger partial charge on any atom is 0.0843 e. The van der Waals surface area contributed by atoms with Gasteiger partial charge in [-0.2, -0.15) is 4.36 Å². The standard InChI is InChI=1S/C19H15NOS/c21-22(16-9-2-1-3-10-16)14-15-8-4-5-11-17(15)18-12-6-7-13-19(18)20-22/h1-13H,14H2/t22-/m0/s1. The minimum Gasteiger partial charge on any atom is -0.244 e. The van der Waals surface area contributed by atoms with Crippen LogP contribution in [0.3, 0.4) is 0 Å². The zero-order valence-electron chi connectivity index (χ0n) is 12.0. The van der Waals surface area contributed by atoms with Crippen molar-refractivity contribution >= 4 is 15.4 Å². The number of hydrogen-bond acceptors (Lipinski definition) is 2. The first-order chi connectivity index (χ1) is 10.8. The molecule has 0 unspecified atom stereocenters. The highest BCUT2D eigenvalue weighted by molar-refractivity contribution is 7.93. The van der Waals surface area contributed by atoms with E-state index in [0.717, 1.165) is 27.3 Å². The minimum atomic E-state index is -2.51. The molecule has 0 N–H and O–H groups in total. The maximum absolute atomic E-state index is 13.6. The van der Waals surface area contributed by atoms with Crippen molar-refractivity contribution in [2.45, 2.75) is 10.6 Å². The summed E-state index contributed by atoms with van der Waals surface area (Å²) < 4.78 is 18.3. The summed E-state index contributed by atoms with van der Waals surface area (Å²) in [5.74, 6) is 0.446. The van der Waals surface area contributed by atoms with Crippen LogP contribution in [0.5, 0.6) is 0 Å². The molecule has 3 heteroatoms. The lowest BCUT2D eigenvalue weighted by Gasteiger charge is -2.09. The van der Waals surface area contributed by atoms with Gasteiger partial charge in [-0.05, 0) is 29.3 Å². The molecule has 0 aromatic heterocycles. The van der Waals surface area contributed by atoms with E-state index in [9.17, 15) is 4.21 Å². The van der Waals surface area contributed by atoms with E-state index in [1.807, 2.05) is 66.7 Å². The van der Waals surface area contributed by atoms with Crippen LogP contribution < -0.4 is 0 Å². The molecule has 1 aliphatic rings. The molecule has 22 heavy (non-hydrogen) atoms. The molecule has 0 radical (unpaired) electrons. The van der Waals surface area contributed by atoms with Crippen LogP contribution in [0.15, 0.2) is 88.1 Å². The van der Waals surface area contributed by atoms with E-state index in [1.165, 1.54) is 0 Å². The maximum atomic E-state index is 13.6. The molecule has 0 bridgehead atoms. The fourth-order valence-corrected chi connectivity index (χ4v) is 4.93. The van der Waals surface area contributed by atoms with Gasteiger partial charge in [0.1, 0.15) is 0 Å². The topological polar surface area (TPSA) is 29.4 Å². The van der Waals surface area contributed by atoms with Gasteiger partial charge >= 0.3 is 0 Å². The van der Waals surface area contributed by atoms with Crippen LogP contribution in [0.2, 0.25) is 0 Å². The SMILES string of the molecule is O=[S@@]1(c2ccccc2)=Nc2ccccc2-c2ccccc2C1. The normalized spacial score (nSPS) is 19.5. The van der Waals surface area contributed by atoms with Gasteiger partial charge < -0.3 is 0 Å². The molecule has 108 valence electrons. The molecule has 0 saturated carbocycles.